The molecule has 18 heteroatoms. The van der Waals surface area contributed by atoms with Gasteiger partial charge in [0.1, 0.15) is 5.75 Å². The molecule has 2 heterocycles. The summed E-state index contributed by atoms with van der Waals surface area (Å²) in [6.07, 6.45) is 2.69. The molecule has 0 atom stereocenters. The first-order chi connectivity index (χ1) is 19.7. The maximum Gasteiger partial charge on any atom is 0.469 e. The fourth-order valence-corrected chi connectivity index (χ4v) is 4.58. The molecule has 236 valence electrons. The molecule has 42 heavy (non-hydrogen) atoms. The van der Waals surface area contributed by atoms with Crippen LogP contribution >= 0.6 is 7.82 Å². The maximum absolute atomic E-state index is 11.4. The number of aryl methyl sites for hydroxylation is 1. The zero-order valence-electron chi connectivity index (χ0n) is 23.4. The zero-order chi connectivity index (χ0) is 31.3. The lowest BCUT2D eigenvalue weighted by molar-refractivity contribution is -0.140. The van der Waals surface area contributed by atoms with Crippen molar-refractivity contribution in [2.24, 2.45) is 4.99 Å². The summed E-state index contributed by atoms with van der Waals surface area (Å²) in [4.78, 5) is 67.7. The largest absolute Gasteiger partial charge is 0.505 e. The fourth-order valence-electron chi connectivity index (χ4n) is 4.27. The highest BCUT2D eigenvalue weighted by atomic mass is 31.2. The summed E-state index contributed by atoms with van der Waals surface area (Å²) in [6.45, 7) is 3.83. The first kappa shape index (κ1) is 35.2. The number of nitrogens with zero attached hydrogens (tertiary/aromatic N) is 6. The van der Waals surface area contributed by atoms with Crippen molar-refractivity contribution in [3.05, 3.63) is 23.0 Å². The number of carboxylic acid groups (broad SMARTS) is 3. The topological polar surface area (TPSA) is 237 Å². The average Bonchev–Trinajstić information content (AvgIpc) is 2.87. The SMILES string of the molecule is Cc1ncc(COP(=O)(O)O)c(/C=N/CCN2CCN(CC(=O)O)CCN(CC(=O)O)CCN(CC(=O)O)CC2)c1O. The fraction of sp³-hybridized carbons (Fsp3) is 0.625. The molecular formula is C24H39N6O11P. The number of rotatable bonds is 13. The van der Waals surface area contributed by atoms with E-state index in [0.717, 1.165) is 0 Å². The van der Waals surface area contributed by atoms with Gasteiger partial charge in [0.15, 0.2) is 0 Å². The Morgan fingerprint density at radius 3 is 1.71 bits per heavy atom. The monoisotopic (exact) mass is 618 g/mol. The highest BCUT2D eigenvalue weighted by Gasteiger charge is 2.20. The highest BCUT2D eigenvalue weighted by molar-refractivity contribution is 7.46. The van der Waals surface area contributed by atoms with Crippen LogP contribution in [0, 0.1) is 6.92 Å². The van der Waals surface area contributed by atoms with Gasteiger partial charge in [-0.25, -0.2) is 4.57 Å². The van der Waals surface area contributed by atoms with Crippen LogP contribution < -0.4 is 0 Å². The minimum Gasteiger partial charge on any atom is -0.505 e. The molecule has 0 saturated carbocycles. The van der Waals surface area contributed by atoms with E-state index < -0.39 is 32.3 Å². The van der Waals surface area contributed by atoms with Crippen molar-refractivity contribution in [1.82, 2.24) is 24.6 Å². The highest BCUT2D eigenvalue weighted by Crippen LogP contribution is 2.37. The number of phosphoric acid groups is 1. The molecule has 0 radical (unpaired) electrons. The Morgan fingerprint density at radius 2 is 1.31 bits per heavy atom. The minimum absolute atomic E-state index is 0.204. The van der Waals surface area contributed by atoms with Crippen molar-refractivity contribution in [3.63, 3.8) is 0 Å². The molecule has 1 fully saturated rings. The Morgan fingerprint density at radius 1 is 0.881 bits per heavy atom. The molecule has 1 aromatic heterocycles. The van der Waals surface area contributed by atoms with Crippen molar-refractivity contribution in [2.75, 3.05) is 85.1 Å². The molecule has 0 aliphatic carbocycles. The molecule has 0 spiro atoms. The molecule has 17 nitrogen and oxygen atoms in total. The maximum atomic E-state index is 11.4. The summed E-state index contributed by atoms with van der Waals surface area (Å²) in [6, 6.07) is 0. The van der Waals surface area contributed by atoms with Gasteiger partial charge >= 0.3 is 25.7 Å². The normalized spacial score (nSPS) is 17.6. The van der Waals surface area contributed by atoms with Crippen LogP contribution in [0.3, 0.4) is 0 Å². The van der Waals surface area contributed by atoms with Crippen LogP contribution in [0.4, 0.5) is 0 Å². The Labute approximate surface area is 242 Å². The van der Waals surface area contributed by atoms with E-state index in [1.807, 2.05) is 4.90 Å². The summed E-state index contributed by atoms with van der Waals surface area (Å²) in [7, 11) is -4.76. The smallest absolute Gasteiger partial charge is 0.469 e. The molecule has 0 bridgehead atoms. The molecule has 1 aromatic rings. The first-order valence-corrected chi connectivity index (χ1v) is 14.7. The van der Waals surface area contributed by atoms with Gasteiger partial charge in [-0.3, -0.25) is 48.5 Å². The molecular weight excluding hydrogens is 579 g/mol. The number of phosphoric ester groups is 1. The van der Waals surface area contributed by atoms with Gasteiger partial charge < -0.3 is 30.2 Å². The second-order valence-electron chi connectivity index (χ2n) is 9.78. The third kappa shape index (κ3) is 13.8. The summed E-state index contributed by atoms with van der Waals surface area (Å²) in [5.41, 5.74) is 0.719. The van der Waals surface area contributed by atoms with Crippen LogP contribution in [0.25, 0.3) is 0 Å². The lowest BCUT2D eigenvalue weighted by Crippen LogP contribution is -2.48. The van der Waals surface area contributed by atoms with Crippen LogP contribution in [-0.2, 0) is 30.1 Å². The van der Waals surface area contributed by atoms with Gasteiger partial charge in [-0.2, -0.15) is 0 Å². The number of carboxylic acids is 3. The standard InChI is InChI=1S/C24H39N6O11P/c1-18-24(37)20(19(12-26-18)17-41-42(38,39)40)13-25-2-3-27-4-6-28(14-21(31)32)8-10-30(16-23(35)36)11-9-29(7-5-27)15-22(33)34/h12-13,37H,2-11,14-17H2,1H3,(H,31,32)(H,33,34)(H,35,36)(H2,38,39,40)/b25-13+. The van der Waals surface area contributed by atoms with Crippen molar-refractivity contribution < 1.29 is 53.7 Å². The number of aliphatic carboxylic acids is 3. The van der Waals surface area contributed by atoms with Crippen molar-refractivity contribution >= 4 is 31.9 Å². The van der Waals surface area contributed by atoms with Gasteiger partial charge in [0.05, 0.1) is 38.5 Å². The van der Waals surface area contributed by atoms with Crippen molar-refractivity contribution in [1.29, 1.82) is 0 Å². The van der Waals surface area contributed by atoms with E-state index >= 15 is 0 Å². The molecule has 6 N–H and O–H groups in total. The average molecular weight is 619 g/mol. The Kier molecular flexibility index (Phi) is 14.4. The van der Waals surface area contributed by atoms with Crippen LogP contribution in [0.1, 0.15) is 16.8 Å². The van der Waals surface area contributed by atoms with Crippen molar-refractivity contribution in [2.45, 2.75) is 13.5 Å². The number of hydrogen-bond donors (Lipinski definition) is 6. The minimum atomic E-state index is -4.76. The molecule has 0 aromatic carbocycles. The molecule has 1 aliphatic heterocycles. The number of aromatic nitrogens is 1. The van der Waals surface area contributed by atoms with Gasteiger partial charge in [-0.15, -0.1) is 0 Å². The second kappa shape index (κ2) is 17.2. The lowest BCUT2D eigenvalue weighted by Gasteiger charge is -2.32. The molecule has 0 amide bonds. The quantitative estimate of drug-likeness (QED) is 0.110. The molecule has 2 rings (SSSR count). The van der Waals surface area contributed by atoms with Gasteiger partial charge in [0.2, 0.25) is 0 Å². The lowest BCUT2D eigenvalue weighted by atomic mass is 10.1. The van der Waals surface area contributed by atoms with E-state index in [1.165, 1.54) is 12.4 Å². The Bertz CT molecular complexity index is 1120. The van der Waals surface area contributed by atoms with E-state index in [9.17, 15) is 39.4 Å². The number of carbonyl (C=O) groups is 3. The Hall–Kier alpha value is -3.02. The van der Waals surface area contributed by atoms with Crippen molar-refractivity contribution in [3.8, 4) is 5.75 Å². The van der Waals surface area contributed by atoms with E-state index in [0.29, 0.717) is 64.6 Å². The van der Waals surface area contributed by atoms with Crippen LogP contribution in [0.5, 0.6) is 5.75 Å². The molecule has 1 aliphatic rings. The Balaban J connectivity index is 2.16. The van der Waals surface area contributed by atoms with Gasteiger partial charge in [-0.1, -0.05) is 0 Å². The third-order valence-electron chi connectivity index (χ3n) is 6.52. The van der Waals surface area contributed by atoms with Crippen LogP contribution in [0.2, 0.25) is 0 Å². The van der Waals surface area contributed by atoms with E-state index in [2.05, 4.69) is 14.5 Å². The van der Waals surface area contributed by atoms with Crippen LogP contribution in [-0.4, -0.2) is 164 Å². The summed E-state index contributed by atoms with van der Waals surface area (Å²) in [5, 5.41) is 38.4. The van der Waals surface area contributed by atoms with Gasteiger partial charge in [0.25, 0.3) is 0 Å². The predicted octanol–water partition coefficient (Wildman–Crippen LogP) is -1.40. The summed E-state index contributed by atoms with van der Waals surface area (Å²) < 4.78 is 15.7. The third-order valence-corrected chi connectivity index (χ3v) is 6.98. The number of pyridine rings is 1. The number of hydrogen-bond acceptors (Lipinski definition) is 12. The van der Waals surface area contributed by atoms with Crippen LogP contribution in [0.15, 0.2) is 11.2 Å². The first-order valence-electron chi connectivity index (χ1n) is 13.2. The zero-order valence-corrected chi connectivity index (χ0v) is 24.3. The number of aromatic hydroxyl groups is 1. The predicted molar refractivity (Wildman–Crippen MR) is 149 cm³/mol. The van der Waals surface area contributed by atoms with E-state index in [-0.39, 0.29) is 43.1 Å². The number of aliphatic imine (C=N–C) groups is 1. The summed E-state index contributed by atoms with van der Waals surface area (Å²) >= 11 is 0. The van der Waals surface area contributed by atoms with Gasteiger partial charge in [0, 0.05) is 82.4 Å². The van der Waals surface area contributed by atoms with Gasteiger partial charge in [-0.05, 0) is 6.92 Å². The molecule has 0 unspecified atom stereocenters. The molecule has 1 saturated heterocycles. The van der Waals surface area contributed by atoms with E-state index in [4.69, 9.17) is 9.79 Å². The second-order valence-corrected chi connectivity index (χ2v) is 11.0. The van der Waals surface area contributed by atoms with E-state index in [1.54, 1.807) is 21.6 Å². The summed E-state index contributed by atoms with van der Waals surface area (Å²) in [5.74, 6) is -3.26.